The average molecular weight is 418 g/mol. The third-order valence-corrected chi connectivity index (χ3v) is 6.13. The Morgan fingerprint density at radius 1 is 1.14 bits per heavy atom. The topological polar surface area (TPSA) is 113 Å². The lowest BCUT2D eigenvalue weighted by molar-refractivity contribution is 0.0792. The molecule has 1 aliphatic heterocycles. The summed E-state index contributed by atoms with van der Waals surface area (Å²) >= 11 is 0. The van der Waals surface area contributed by atoms with Gasteiger partial charge in [0.1, 0.15) is 0 Å². The molecular formula is C21H27N3O4S. The van der Waals surface area contributed by atoms with Crippen molar-refractivity contribution in [3.8, 4) is 0 Å². The van der Waals surface area contributed by atoms with Crippen LogP contribution >= 0.6 is 0 Å². The highest BCUT2D eigenvalue weighted by Gasteiger charge is 2.17. The zero-order valence-electron chi connectivity index (χ0n) is 16.5. The van der Waals surface area contributed by atoms with Crippen LogP contribution < -0.4 is 10.5 Å². The highest BCUT2D eigenvalue weighted by Crippen LogP contribution is 2.16. The van der Waals surface area contributed by atoms with Crippen molar-refractivity contribution in [3.63, 3.8) is 0 Å². The smallest absolute Gasteiger partial charge is 0.251 e. The van der Waals surface area contributed by atoms with E-state index in [1.807, 2.05) is 24.3 Å². The minimum absolute atomic E-state index is 0.0807. The number of nitrogens with zero attached hydrogens (tertiary/aromatic N) is 1. The van der Waals surface area contributed by atoms with Gasteiger partial charge >= 0.3 is 0 Å². The fourth-order valence-corrected chi connectivity index (χ4v) is 3.94. The van der Waals surface area contributed by atoms with Gasteiger partial charge in [-0.1, -0.05) is 30.3 Å². The van der Waals surface area contributed by atoms with Crippen LogP contribution in [-0.4, -0.2) is 43.5 Å². The van der Waals surface area contributed by atoms with Gasteiger partial charge in [-0.15, -0.1) is 0 Å². The predicted molar refractivity (Wildman–Crippen MR) is 111 cm³/mol. The van der Waals surface area contributed by atoms with Crippen LogP contribution in [0.2, 0.25) is 0 Å². The van der Waals surface area contributed by atoms with Gasteiger partial charge in [-0.25, -0.2) is 13.6 Å². The van der Waals surface area contributed by atoms with E-state index in [9.17, 15) is 18.3 Å². The summed E-state index contributed by atoms with van der Waals surface area (Å²) in [5.74, 6) is -0.344. The lowest BCUT2D eigenvalue weighted by atomic mass is 10.1. The molecule has 7 nitrogen and oxygen atoms in total. The van der Waals surface area contributed by atoms with Gasteiger partial charge in [0.2, 0.25) is 10.0 Å². The second-order valence-corrected chi connectivity index (χ2v) is 9.09. The Kier molecular flexibility index (Phi) is 6.69. The highest BCUT2D eigenvalue weighted by molar-refractivity contribution is 7.89. The molecule has 8 heteroatoms. The molecule has 0 unspecified atom stereocenters. The molecule has 3 rings (SSSR count). The van der Waals surface area contributed by atoms with Crippen LogP contribution in [0, 0.1) is 6.92 Å². The molecular weight excluding hydrogens is 390 g/mol. The zero-order valence-corrected chi connectivity index (χ0v) is 17.3. The van der Waals surface area contributed by atoms with Gasteiger partial charge in [-0.05, 0) is 48.6 Å². The van der Waals surface area contributed by atoms with Crippen molar-refractivity contribution in [1.82, 2.24) is 10.2 Å². The number of nitrogens with one attached hydrogen (secondary N) is 1. The number of carbonyl (C=O) groups is 1. The summed E-state index contributed by atoms with van der Waals surface area (Å²) in [7, 11) is -3.86. The molecule has 1 amide bonds. The summed E-state index contributed by atoms with van der Waals surface area (Å²) in [6.07, 6.45) is 1.46. The Morgan fingerprint density at radius 3 is 2.38 bits per heavy atom. The van der Waals surface area contributed by atoms with E-state index in [0.717, 1.165) is 38.0 Å². The Labute approximate surface area is 171 Å². The number of aliphatic hydroxyl groups excluding tert-OH is 1. The second-order valence-electron chi connectivity index (χ2n) is 7.53. The van der Waals surface area contributed by atoms with Gasteiger partial charge in [0.25, 0.3) is 5.91 Å². The minimum Gasteiger partial charge on any atom is -0.393 e. The molecule has 0 saturated carbocycles. The van der Waals surface area contributed by atoms with Crippen molar-refractivity contribution in [2.75, 3.05) is 13.1 Å². The van der Waals surface area contributed by atoms with Gasteiger partial charge in [0.15, 0.2) is 0 Å². The number of aliphatic hydroxyl groups is 1. The summed E-state index contributed by atoms with van der Waals surface area (Å²) in [6, 6.07) is 12.3. The fraction of sp³-hybridized carbons (Fsp3) is 0.381. The number of likely N-dealkylation sites (tertiary alicyclic amines) is 1. The first kappa shape index (κ1) is 21.4. The molecule has 0 spiro atoms. The van der Waals surface area contributed by atoms with Gasteiger partial charge < -0.3 is 10.4 Å². The summed E-state index contributed by atoms with van der Waals surface area (Å²) < 4.78 is 23.0. The van der Waals surface area contributed by atoms with Gasteiger partial charge in [0, 0.05) is 31.7 Å². The first-order valence-corrected chi connectivity index (χ1v) is 11.2. The molecule has 2 aromatic rings. The van der Waals surface area contributed by atoms with Crippen LogP contribution in [0.1, 0.15) is 39.9 Å². The first-order valence-electron chi connectivity index (χ1n) is 9.62. The van der Waals surface area contributed by atoms with Crippen molar-refractivity contribution in [2.24, 2.45) is 5.14 Å². The van der Waals surface area contributed by atoms with Crippen LogP contribution in [0.5, 0.6) is 0 Å². The molecule has 1 saturated heterocycles. The Morgan fingerprint density at radius 2 is 1.76 bits per heavy atom. The second kappa shape index (κ2) is 9.04. The normalized spacial score (nSPS) is 16.0. The Balaban J connectivity index is 1.58. The van der Waals surface area contributed by atoms with E-state index in [-0.39, 0.29) is 16.9 Å². The summed E-state index contributed by atoms with van der Waals surface area (Å²) in [5, 5.41) is 17.6. The van der Waals surface area contributed by atoms with Gasteiger partial charge in [-0.2, -0.15) is 0 Å². The molecule has 1 aliphatic rings. The predicted octanol–water partition coefficient (Wildman–Crippen LogP) is 1.53. The van der Waals surface area contributed by atoms with Crippen LogP contribution in [0.4, 0.5) is 0 Å². The number of piperidine rings is 1. The molecule has 0 bridgehead atoms. The molecule has 0 aliphatic carbocycles. The van der Waals surface area contributed by atoms with E-state index < -0.39 is 10.0 Å². The maximum absolute atomic E-state index is 12.5. The maximum atomic E-state index is 12.5. The first-order chi connectivity index (χ1) is 13.7. The number of primary sulfonamides is 1. The van der Waals surface area contributed by atoms with Gasteiger partial charge in [0.05, 0.1) is 11.0 Å². The number of hydrogen-bond acceptors (Lipinski definition) is 5. The molecule has 1 heterocycles. The number of rotatable bonds is 6. The Hall–Kier alpha value is -2.26. The molecule has 2 aromatic carbocycles. The molecule has 0 aromatic heterocycles. The quantitative estimate of drug-likeness (QED) is 0.660. The van der Waals surface area contributed by atoms with Crippen molar-refractivity contribution in [3.05, 3.63) is 64.7 Å². The third-order valence-electron chi connectivity index (χ3n) is 5.22. The van der Waals surface area contributed by atoms with Gasteiger partial charge in [-0.3, -0.25) is 9.69 Å². The molecule has 29 heavy (non-hydrogen) atoms. The molecule has 156 valence electrons. The summed E-state index contributed by atoms with van der Waals surface area (Å²) in [5.41, 5.74) is 3.11. The van der Waals surface area contributed by atoms with E-state index in [4.69, 9.17) is 5.14 Å². The lowest BCUT2D eigenvalue weighted by Gasteiger charge is -2.29. The molecule has 1 fully saturated rings. The fourth-order valence-electron chi connectivity index (χ4n) is 3.40. The number of hydrogen-bond donors (Lipinski definition) is 3. The number of benzene rings is 2. The SMILES string of the molecule is Cc1ccc(S(N)(=O)=O)cc1C(=O)NCc1ccc(CN2CCC(O)CC2)cc1. The number of amides is 1. The van der Waals surface area contributed by atoms with E-state index in [2.05, 4.69) is 10.2 Å². The van der Waals surface area contributed by atoms with Crippen LogP contribution in [-0.2, 0) is 23.1 Å². The van der Waals surface area contributed by atoms with E-state index >= 15 is 0 Å². The number of sulfonamides is 1. The maximum Gasteiger partial charge on any atom is 0.251 e. The largest absolute Gasteiger partial charge is 0.393 e. The minimum atomic E-state index is -3.86. The van der Waals surface area contributed by atoms with Crippen molar-refractivity contribution in [2.45, 2.75) is 43.9 Å². The number of aryl methyl sites for hydroxylation is 1. The monoisotopic (exact) mass is 417 g/mol. The van der Waals surface area contributed by atoms with Crippen molar-refractivity contribution in [1.29, 1.82) is 0 Å². The standard InChI is InChI=1S/C21H27N3O4S/c1-15-2-7-19(29(22,27)28)12-20(15)21(26)23-13-16-3-5-17(6-4-16)14-24-10-8-18(25)9-11-24/h2-7,12,18,25H,8-11,13-14H2,1H3,(H,23,26)(H2,22,27,28). The third kappa shape index (κ3) is 5.86. The summed E-state index contributed by atoms with van der Waals surface area (Å²) in [4.78, 5) is 14.7. The van der Waals surface area contributed by atoms with Crippen molar-refractivity contribution >= 4 is 15.9 Å². The van der Waals surface area contributed by atoms with Crippen LogP contribution in [0.25, 0.3) is 0 Å². The Bertz CT molecular complexity index is 966. The highest BCUT2D eigenvalue weighted by atomic mass is 32.2. The van der Waals surface area contributed by atoms with E-state index in [1.165, 1.54) is 17.7 Å². The van der Waals surface area contributed by atoms with Crippen LogP contribution in [0.3, 0.4) is 0 Å². The average Bonchev–Trinajstić information content (AvgIpc) is 2.68. The van der Waals surface area contributed by atoms with E-state index in [1.54, 1.807) is 13.0 Å². The van der Waals surface area contributed by atoms with Crippen molar-refractivity contribution < 1.29 is 18.3 Å². The lowest BCUT2D eigenvalue weighted by Crippen LogP contribution is -2.35. The number of nitrogens with two attached hydrogens (primary N) is 1. The van der Waals surface area contributed by atoms with Crippen LogP contribution in [0.15, 0.2) is 47.4 Å². The number of carbonyl (C=O) groups excluding carboxylic acids is 1. The zero-order chi connectivity index (χ0) is 21.0. The summed E-state index contributed by atoms with van der Waals surface area (Å²) in [6.45, 7) is 4.73. The molecule has 0 radical (unpaired) electrons. The van der Waals surface area contributed by atoms with E-state index in [0.29, 0.717) is 17.7 Å². The molecule has 4 N–H and O–H groups in total. The molecule has 0 atom stereocenters.